The Labute approximate surface area is 132 Å². The third-order valence-corrected chi connectivity index (χ3v) is 3.48. The fourth-order valence-electron chi connectivity index (χ4n) is 1.64. The van der Waals surface area contributed by atoms with Crippen molar-refractivity contribution in [3.63, 3.8) is 0 Å². The van der Waals surface area contributed by atoms with Crippen LogP contribution >= 0.6 is 22.6 Å². The first-order valence-electron chi connectivity index (χ1n) is 6.75. The lowest BCUT2D eigenvalue weighted by molar-refractivity contribution is -0.384. The number of non-ortho nitro benzene ring substituents is 1. The molecule has 0 aliphatic carbocycles. The number of rotatable bonds is 11. The SMILES string of the molecule is O=[N+]([O-])c1ccc(OCCOCCCCCCI)cc1. The summed E-state index contributed by atoms with van der Waals surface area (Å²) in [5.74, 6) is 0.626. The lowest BCUT2D eigenvalue weighted by atomic mass is 10.2. The number of nitro benzene ring substituents is 1. The Kier molecular flexibility index (Phi) is 9.31. The van der Waals surface area contributed by atoms with Gasteiger partial charge in [-0.05, 0) is 29.4 Å². The van der Waals surface area contributed by atoms with Gasteiger partial charge in [0.25, 0.3) is 5.69 Å². The van der Waals surface area contributed by atoms with Crippen molar-refractivity contribution >= 4 is 28.3 Å². The summed E-state index contributed by atoms with van der Waals surface area (Å²) in [6, 6.07) is 6.07. The highest BCUT2D eigenvalue weighted by molar-refractivity contribution is 14.1. The highest BCUT2D eigenvalue weighted by Crippen LogP contribution is 2.17. The van der Waals surface area contributed by atoms with Gasteiger partial charge in [-0.1, -0.05) is 35.4 Å². The molecule has 0 saturated heterocycles. The van der Waals surface area contributed by atoms with Gasteiger partial charge in [-0.25, -0.2) is 0 Å². The molecule has 0 bridgehead atoms. The first-order chi connectivity index (χ1) is 9.74. The Morgan fingerprint density at radius 3 is 2.35 bits per heavy atom. The quantitative estimate of drug-likeness (QED) is 0.188. The highest BCUT2D eigenvalue weighted by Gasteiger charge is 2.03. The topological polar surface area (TPSA) is 61.6 Å². The van der Waals surface area contributed by atoms with E-state index in [4.69, 9.17) is 9.47 Å². The molecule has 0 unspecified atom stereocenters. The summed E-state index contributed by atoms with van der Waals surface area (Å²) in [6.45, 7) is 1.78. The van der Waals surface area contributed by atoms with E-state index in [1.807, 2.05) is 0 Å². The van der Waals surface area contributed by atoms with Gasteiger partial charge in [-0.2, -0.15) is 0 Å². The van der Waals surface area contributed by atoms with Crippen LogP contribution in [-0.4, -0.2) is 29.2 Å². The molecule has 0 aliphatic heterocycles. The van der Waals surface area contributed by atoms with E-state index in [0.717, 1.165) is 13.0 Å². The predicted molar refractivity (Wildman–Crippen MR) is 86.8 cm³/mol. The van der Waals surface area contributed by atoms with Gasteiger partial charge in [0.15, 0.2) is 0 Å². The van der Waals surface area contributed by atoms with Gasteiger partial charge in [0.2, 0.25) is 0 Å². The molecule has 1 aromatic carbocycles. The first kappa shape index (κ1) is 17.2. The van der Waals surface area contributed by atoms with Crippen LogP contribution in [0.1, 0.15) is 25.7 Å². The Balaban J connectivity index is 2.02. The number of ether oxygens (including phenoxy) is 2. The maximum absolute atomic E-state index is 10.5. The van der Waals surface area contributed by atoms with Crippen LogP contribution in [0.2, 0.25) is 0 Å². The van der Waals surface area contributed by atoms with Gasteiger partial charge in [0.1, 0.15) is 12.4 Å². The highest BCUT2D eigenvalue weighted by atomic mass is 127. The zero-order chi connectivity index (χ0) is 14.6. The van der Waals surface area contributed by atoms with Crippen LogP contribution in [0.4, 0.5) is 5.69 Å². The molecule has 5 nitrogen and oxygen atoms in total. The molecule has 0 heterocycles. The average Bonchev–Trinajstić information content (AvgIpc) is 2.46. The van der Waals surface area contributed by atoms with Gasteiger partial charge < -0.3 is 9.47 Å². The average molecular weight is 393 g/mol. The van der Waals surface area contributed by atoms with Crippen molar-refractivity contribution in [2.45, 2.75) is 25.7 Å². The number of nitrogens with zero attached hydrogens (tertiary/aromatic N) is 1. The van der Waals surface area contributed by atoms with Gasteiger partial charge >= 0.3 is 0 Å². The molecule has 0 atom stereocenters. The molecular weight excluding hydrogens is 373 g/mol. The summed E-state index contributed by atoms with van der Waals surface area (Å²) < 4.78 is 12.1. The van der Waals surface area contributed by atoms with E-state index in [9.17, 15) is 10.1 Å². The molecule has 1 aromatic rings. The lowest BCUT2D eigenvalue weighted by Crippen LogP contribution is -2.07. The Bertz CT molecular complexity index is 383. The molecule has 20 heavy (non-hydrogen) atoms. The summed E-state index contributed by atoms with van der Waals surface area (Å²) in [4.78, 5) is 10.1. The van der Waals surface area contributed by atoms with Crippen molar-refractivity contribution < 1.29 is 14.4 Å². The number of benzene rings is 1. The third kappa shape index (κ3) is 7.64. The number of hydrogen-bond acceptors (Lipinski definition) is 4. The van der Waals surface area contributed by atoms with Crippen LogP contribution in [0.15, 0.2) is 24.3 Å². The molecule has 0 saturated carbocycles. The van der Waals surface area contributed by atoms with E-state index >= 15 is 0 Å². The monoisotopic (exact) mass is 393 g/mol. The van der Waals surface area contributed by atoms with Gasteiger partial charge in [-0.3, -0.25) is 10.1 Å². The van der Waals surface area contributed by atoms with E-state index in [-0.39, 0.29) is 5.69 Å². The van der Waals surface area contributed by atoms with E-state index in [2.05, 4.69) is 22.6 Å². The van der Waals surface area contributed by atoms with Crippen LogP contribution in [0.25, 0.3) is 0 Å². The standard InChI is InChI=1S/C14H20INO4/c15-9-3-1-2-4-10-19-11-12-20-14-7-5-13(6-8-14)16(17)18/h5-8H,1-4,9-12H2. The molecule has 112 valence electrons. The Hall–Kier alpha value is -0.890. The Morgan fingerprint density at radius 2 is 1.70 bits per heavy atom. The van der Waals surface area contributed by atoms with Crippen LogP contribution in [0, 0.1) is 10.1 Å². The zero-order valence-corrected chi connectivity index (χ0v) is 13.6. The molecule has 0 spiro atoms. The minimum absolute atomic E-state index is 0.0695. The third-order valence-electron chi connectivity index (χ3n) is 2.72. The van der Waals surface area contributed by atoms with Crippen LogP contribution in [-0.2, 0) is 4.74 Å². The smallest absolute Gasteiger partial charge is 0.269 e. The number of alkyl halides is 1. The summed E-state index contributed by atoms with van der Waals surface area (Å²) in [5, 5.41) is 10.5. The number of hydrogen-bond donors (Lipinski definition) is 0. The second-order valence-electron chi connectivity index (χ2n) is 4.32. The fourth-order valence-corrected chi connectivity index (χ4v) is 2.18. The van der Waals surface area contributed by atoms with Crippen molar-refractivity contribution in [3.05, 3.63) is 34.4 Å². The summed E-state index contributed by atoms with van der Waals surface area (Å²) in [6.07, 6.45) is 4.86. The summed E-state index contributed by atoms with van der Waals surface area (Å²) in [5.41, 5.74) is 0.0695. The first-order valence-corrected chi connectivity index (χ1v) is 8.27. The van der Waals surface area contributed by atoms with Crippen molar-refractivity contribution in [3.8, 4) is 5.75 Å². The van der Waals surface area contributed by atoms with Gasteiger partial charge in [0, 0.05) is 18.7 Å². The molecule has 0 radical (unpaired) electrons. The second kappa shape index (κ2) is 10.8. The minimum Gasteiger partial charge on any atom is -0.491 e. The number of halogens is 1. The van der Waals surface area contributed by atoms with Crippen molar-refractivity contribution in [1.82, 2.24) is 0 Å². The van der Waals surface area contributed by atoms with Crippen LogP contribution < -0.4 is 4.74 Å². The molecule has 0 aliphatic rings. The van der Waals surface area contributed by atoms with Gasteiger partial charge in [-0.15, -0.1) is 0 Å². The minimum atomic E-state index is -0.426. The Morgan fingerprint density at radius 1 is 1.00 bits per heavy atom. The maximum Gasteiger partial charge on any atom is 0.269 e. The molecule has 6 heteroatoms. The molecular formula is C14H20INO4. The van der Waals surface area contributed by atoms with E-state index in [0.29, 0.717) is 19.0 Å². The summed E-state index contributed by atoms with van der Waals surface area (Å²) in [7, 11) is 0. The summed E-state index contributed by atoms with van der Waals surface area (Å²) >= 11 is 2.39. The molecule has 1 rings (SSSR count). The second-order valence-corrected chi connectivity index (χ2v) is 5.39. The van der Waals surface area contributed by atoms with E-state index in [1.54, 1.807) is 12.1 Å². The molecule has 0 fully saturated rings. The van der Waals surface area contributed by atoms with Crippen LogP contribution in [0.5, 0.6) is 5.75 Å². The maximum atomic E-state index is 10.5. The zero-order valence-electron chi connectivity index (χ0n) is 11.4. The molecule has 0 aromatic heterocycles. The lowest BCUT2D eigenvalue weighted by Gasteiger charge is -2.07. The molecule has 0 amide bonds. The normalized spacial score (nSPS) is 10.4. The van der Waals surface area contributed by atoms with Crippen molar-refractivity contribution in [1.29, 1.82) is 0 Å². The molecule has 0 N–H and O–H groups in total. The largest absolute Gasteiger partial charge is 0.491 e. The fraction of sp³-hybridized carbons (Fsp3) is 0.571. The van der Waals surface area contributed by atoms with Crippen molar-refractivity contribution in [2.75, 3.05) is 24.2 Å². The number of nitro groups is 1. The number of unbranched alkanes of at least 4 members (excludes halogenated alkanes) is 3. The van der Waals surface area contributed by atoms with Crippen molar-refractivity contribution in [2.24, 2.45) is 0 Å². The van der Waals surface area contributed by atoms with Gasteiger partial charge in [0.05, 0.1) is 11.5 Å². The predicted octanol–water partition coefficient (Wildman–Crippen LogP) is 3.99. The van der Waals surface area contributed by atoms with E-state index < -0.39 is 4.92 Å². The van der Waals surface area contributed by atoms with Crippen LogP contribution in [0.3, 0.4) is 0 Å². The van der Waals surface area contributed by atoms with E-state index in [1.165, 1.54) is 35.8 Å².